The molecule has 2 heterocycles. The number of furan rings is 1. The van der Waals surface area contributed by atoms with Crippen LogP contribution in [-0.4, -0.2) is 9.55 Å². The molecule has 0 fully saturated rings. The smallest absolute Gasteiger partial charge is 0.171 e. The fraction of sp³-hybridized carbons (Fsp3) is 0. The van der Waals surface area contributed by atoms with Gasteiger partial charge in [-0.05, 0) is 47.2 Å². The molecular formula is C29H16F2N2O. The van der Waals surface area contributed by atoms with Crippen LogP contribution in [0.2, 0.25) is 0 Å². The maximum absolute atomic E-state index is 14.5. The van der Waals surface area contributed by atoms with Crippen molar-refractivity contribution in [1.29, 1.82) is 0 Å². The van der Waals surface area contributed by atoms with Crippen LogP contribution in [0.5, 0.6) is 0 Å². The molecule has 0 atom stereocenters. The summed E-state index contributed by atoms with van der Waals surface area (Å²) in [5, 5.41) is 3.31. The first-order valence-corrected chi connectivity index (χ1v) is 10.9. The second-order valence-corrected chi connectivity index (χ2v) is 8.34. The molecule has 0 N–H and O–H groups in total. The highest BCUT2D eigenvalue weighted by molar-refractivity contribution is 6.09. The second-order valence-electron chi connectivity index (χ2n) is 8.34. The number of benzene rings is 5. The predicted molar refractivity (Wildman–Crippen MR) is 131 cm³/mol. The number of halogens is 2. The number of fused-ring (bicyclic) bond motifs is 5. The zero-order valence-electron chi connectivity index (χ0n) is 17.8. The highest BCUT2D eigenvalue weighted by atomic mass is 19.1. The van der Waals surface area contributed by atoms with E-state index in [2.05, 4.69) is 34.9 Å². The average Bonchev–Trinajstić information content (AvgIpc) is 3.43. The Morgan fingerprint density at radius 1 is 0.676 bits per heavy atom. The average molecular weight is 446 g/mol. The minimum Gasteiger partial charge on any atom is -0.452 e. The summed E-state index contributed by atoms with van der Waals surface area (Å²) < 4.78 is 36.6. The summed E-state index contributed by atoms with van der Waals surface area (Å²) in [4.78, 5) is 4.93. The molecule has 0 saturated carbocycles. The summed E-state index contributed by atoms with van der Waals surface area (Å²) in [5.41, 5.74) is 3.94. The van der Waals surface area contributed by atoms with E-state index in [0.29, 0.717) is 27.7 Å². The van der Waals surface area contributed by atoms with Gasteiger partial charge >= 0.3 is 0 Å². The number of nitrogens with zero attached hydrogens (tertiary/aromatic N) is 2. The first-order chi connectivity index (χ1) is 16.7. The molecule has 0 amide bonds. The molecule has 0 bridgehead atoms. The summed E-state index contributed by atoms with van der Waals surface area (Å²) in [6.45, 7) is 0. The molecule has 5 aromatic carbocycles. The van der Waals surface area contributed by atoms with Gasteiger partial charge in [-0.25, -0.2) is 13.8 Å². The molecule has 7 rings (SSSR count). The number of rotatable bonds is 2. The largest absolute Gasteiger partial charge is 0.452 e. The van der Waals surface area contributed by atoms with Crippen molar-refractivity contribution < 1.29 is 13.2 Å². The van der Waals surface area contributed by atoms with Crippen molar-refractivity contribution in [3.63, 3.8) is 0 Å². The van der Waals surface area contributed by atoms with E-state index in [-0.39, 0.29) is 5.58 Å². The molecule has 0 saturated heterocycles. The molecule has 0 aliphatic heterocycles. The Morgan fingerprint density at radius 2 is 1.50 bits per heavy atom. The van der Waals surface area contributed by atoms with Gasteiger partial charge in [-0.15, -0.1) is 0 Å². The van der Waals surface area contributed by atoms with Crippen LogP contribution >= 0.6 is 0 Å². The zero-order chi connectivity index (χ0) is 22.8. The van der Waals surface area contributed by atoms with Crippen LogP contribution in [0.1, 0.15) is 0 Å². The van der Waals surface area contributed by atoms with E-state index < -0.39 is 11.6 Å². The molecule has 0 aliphatic rings. The first-order valence-electron chi connectivity index (χ1n) is 10.9. The first kappa shape index (κ1) is 19.0. The van der Waals surface area contributed by atoms with Crippen molar-refractivity contribution in [1.82, 2.24) is 9.55 Å². The van der Waals surface area contributed by atoms with Crippen LogP contribution in [-0.2, 0) is 0 Å². The van der Waals surface area contributed by atoms with Crippen molar-refractivity contribution in [3.05, 3.63) is 109 Å². The summed E-state index contributed by atoms with van der Waals surface area (Å²) in [6.07, 6.45) is 0. The third-order valence-corrected chi connectivity index (χ3v) is 6.31. The Hall–Kier alpha value is -4.51. The SMILES string of the molecule is Fc1cc(F)c2oc3c(-c4nc5ccccc5n4-c4ccc5ccccc5c4)cccc3c2c1. The Kier molecular flexibility index (Phi) is 3.91. The molecule has 34 heavy (non-hydrogen) atoms. The Labute approximate surface area is 192 Å². The fourth-order valence-electron chi connectivity index (χ4n) is 4.79. The number of hydrogen-bond acceptors (Lipinski definition) is 2. The predicted octanol–water partition coefficient (Wildman–Crippen LogP) is 8.02. The highest BCUT2D eigenvalue weighted by Gasteiger charge is 2.21. The lowest BCUT2D eigenvalue weighted by atomic mass is 10.1. The lowest BCUT2D eigenvalue weighted by Crippen LogP contribution is -1.98. The lowest BCUT2D eigenvalue weighted by Gasteiger charge is -2.11. The lowest BCUT2D eigenvalue weighted by molar-refractivity contribution is 0.562. The minimum absolute atomic E-state index is 0.0391. The summed E-state index contributed by atoms with van der Waals surface area (Å²) in [6, 6.07) is 30.1. The van der Waals surface area contributed by atoms with Gasteiger partial charge in [0.05, 0.1) is 16.6 Å². The van der Waals surface area contributed by atoms with Crippen molar-refractivity contribution in [2.24, 2.45) is 0 Å². The van der Waals surface area contributed by atoms with E-state index in [9.17, 15) is 8.78 Å². The van der Waals surface area contributed by atoms with Gasteiger partial charge in [0.25, 0.3) is 0 Å². The Morgan fingerprint density at radius 3 is 2.41 bits per heavy atom. The van der Waals surface area contributed by atoms with Gasteiger partial charge in [0.1, 0.15) is 17.2 Å². The van der Waals surface area contributed by atoms with Crippen molar-refractivity contribution in [3.8, 4) is 17.1 Å². The quantitative estimate of drug-likeness (QED) is 0.269. The maximum atomic E-state index is 14.5. The van der Waals surface area contributed by atoms with Gasteiger partial charge in [-0.3, -0.25) is 4.57 Å². The number of imidazole rings is 1. The van der Waals surface area contributed by atoms with Gasteiger partial charge in [0.2, 0.25) is 0 Å². The molecular weight excluding hydrogens is 430 g/mol. The van der Waals surface area contributed by atoms with E-state index in [4.69, 9.17) is 9.40 Å². The van der Waals surface area contributed by atoms with Gasteiger partial charge in [0, 0.05) is 22.5 Å². The standard InChI is InChI=1S/C29H16F2N2O/c30-19-15-23-21-8-5-9-22(27(21)34-28(23)24(31)16-19)29-32-25-10-3-4-11-26(25)33(29)20-13-12-17-6-1-2-7-18(17)14-20/h1-16H. The zero-order valence-corrected chi connectivity index (χ0v) is 17.8. The van der Waals surface area contributed by atoms with Crippen LogP contribution in [0, 0.1) is 11.6 Å². The molecule has 3 nitrogen and oxygen atoms in total. The normalized spacial score (nSPS) is 11.8. The van der Waals surface area contributed by atoms with E-state index in [1.165, 1.54) is 6.07 Å². The summed E-state index contributed by atoms with van der Waals surface area (Å²) >= 11 is 0. The van der Waals surface area contributed by atoms with Gasteiger partial charge in [-0.2, -0.15) is 0 Å². The number of para-hydroxylation sites is 3. The van der Waals surface area contributed by atoms with Gasteiger partial charge < -0.3 is 4.42 Å². The summed E-state index contributed by atoms with van der Waals surface area (Å²) in [5.74, 6) is -0.691. The Bertz CT molecular complexity index is 1900. The van der Waals surface area contributed by atoms with E-state index in [1.807, 2.05) is 54.6 Å². The van der Waals surface area contributed by atoms with E-state index in [0.717, 1.165) is 33.6 Å². The molecule has 162 valence electrons. The molecule has 5 heteroatoms. The molecule has 0 radical (unpaired) electrons. The summed E-state index contributed by atoms with van der Waals surface area (Å²) in [7, 11) is 0. The van der Waals surface area contributed by atoms with Crippen LogP contribution in [0.4, 0.5) is 8.78 Å². The number of aromatic nitrogens is 2. The monoisotopic (exact) mass is 446 g/mol. The van der Waals surface area contributed by atoms with Crippen LogP contribution in [0.3, 0.4) is 0 Å². The van der Waals surface area contributed by atoms with Crippen LogP contribution in [0.15, 0.2) is 101 Å². The van der Waals surface area contributed by atoms with E-state index in [1.54, 1.807) is 0 Å². The van der Waals surface area contributed by atoms with E-state index >= 15 is 0 Å². The maximum Gasteiger partial charge on any atom is 0.171 e. The van der Waals surface area contributed by atoms with Crippen molar-refractivity contribution in [2.75, 3.05) is 0 Å². The molecule has 0 spiro atoms. The third-order valence-electron chi connectivity index (χ3n) is 6.31. The van der Waals surface area contributed by atoms with Gasteiger partial charge in [-0.1, -0.05) is 54.6 Å². The fourth-order valence-corrected chi connectivity index (χ4v) is 4.79. The number of hydrogen-bond donors (Lipinski definition) is 0. The van der Waals surface area contributed by atoms with Crippen molar-refractivity contribution in [2.45, 2.75) is 0 Å². The minimum atomic E-state index is -0.722. The second kappa shape index (κ2) is 6.99. The van der Waals surface area contributed by atoms with Gasteiger partial charge in [0.15, 0.2) is 11.4 Å². The topological polar surface area (TPSA) is 31.0 Å². The molecule has 2 aromatic heterocycles. The molecule has 0 unspecified atom stereocenters. The van der Waals surface area contributed by atoms with Crippen LogP contribution in [0.25, 0.3) is 60.8 Å². The van der Waals surface area contributed by atoms with Crippen molar-refractivity contribution >= 4 is 43.7 Å². The van der Waals surface area contributed by atoms with Crippen LogP contribution < -0.4 is 0 Å². The Balaban J connectivity index is 1.58. The third kappa shape index (κ3) is 2.70. The molecule has 7 aromatic rings. The molecule has 0 aliphatic carbocycles. The highest BCUT2D eigenvalue weighted by Crippen LogP contribution is 2.39.